The lowest BCUT2D eigenvalue weighted by Crippen LogP contribution is -2.24. The minimum absolute atomic E-state index is 0.0769. The van der Waals surface area contributed by atoms with Crippen LogP contribution in [0, 0.1) is 0 Å². The van der Waals surface area contributed by atoms with Crippen LogP contribution in [0.1, 0.15) is 5.56 Å². The van der Waals surface area contributed by atoms with Gasteiger partial charge >= 0.3 is 0 Å². The highest BCUT2D eigenvalue weighted by molar-refractivity contribution is 7.99. The van der Waals surface area contributed by atoms with Crippen molar-refractivity contribution in [2.75, 3.05) is 20.0 Å². The Balaban J connectivity index is 1.59. The number of carbonyl (C=O) groups is 1. The molecule has 0 saturated heterocycles. The predicted molar refractivity (Wildman–Crippen MR) is 129 cm³/mol. The third-order valence-corrected chi connectivity index (χ3v) is 5.91. The molecule has 0 aliphatic rings. The standard InChI is InChI=1S/C25H24N4O3S/c1-31-20-14-12-19(13-15-20)29-24(21-10-6-7-11-22(21)32-2)27-28-25(29)33-17-23(30)26-16-18-8-4-3-5-9-18/h3-15H,16-17H2,1-2H3,(H,26,30). The molecule has 0 spiro atoms. The molecule has 4 aromatic rings. The number of ether oxygens (including phenoxy) is 2. The van der Waals surface area contributed by atoms with E-state index in [1.165, 1.54) is 11.8 Å². The molecule has 0 fully saturated rings. The quantitative estimate of drug-likeness (QED) is 0.374. The molecule has 0 aliphatic heterocycles. The minimum Gasteiger partial charge on any atom is -0.497 e. The smallest absolute Gasteiger partial charge is 0.230 e. The highest BCUT2D eigenvalue weighted by Gasteiger charge is 2.19. The first kappa shape index (κ1) is 22.4. The molecule has 0 radical (unpaired) electrons. The summed E-state index contributed by atoms with van der Waals surface area (Å²) in [7, 11) is 3.25. The lowest BCUT2D eigenvalue weighted by Gasteiger charge is -2.13. The van der Waals surface area contributed by atoms with Crippen LogP contribution in [0.5, 0.6) is 11.5 Å². The van der Waals surface area contributed by atoms with Crippen LogP contribution in [0.25, 0.3) is 17.1 Å². The van der Waals surface area contributed by atoms with Crippen molar-refractivity contribution in [3.63, 3.8) is 0 Å². The summed E-state index contributed by atoms with van der Waals surface area (Å²) in [5.74, 6) is 2.21. The Morgan fingerprint density at radius 3 is 2.36 bits per heavy atom. The Hall–Kier alpha value is -3.78. The number of hydrogen-bond acceptors (Lipinski definition) is 6. The molecular weight excluding hydrogens is 436 g/mol. The van der Waals surface area contributed by atoms with Gasteiger partial charge in [-0.25, -0.2) is 0 Å². The second-order valence-electron chi connectivity index (χ2n) is 7.09. The Bertz CT molecular complexity index is 1210. The van der Waals surface area contributed by atoms with E-state index in [4.69, 9.17) is 9.47 Å². The van der Waals surface area contributed by atoms with Gasteiger partial charge in [-0.1, -0.05) is 54.2 Å². The Morgan fingerprint density at radius 2 is 1.64 bits per heavy atom. The number of nitrogens with zero attached hydrogens (tertiary/aromatic N) is 3. The van der Waals surface area contributed by atoms with Crippen molar-refractivity contribution in [3.8, 4) is 28.6 Å². The molecule has 1 heterocycles. The van der Waals surface area contributed by atoms with Gasteiger partial charge in [-0.2, -0.15) is 0 Å². The number of thioether (sulfide) groups is 1. The molecule has 0 aliphatic carbocycles. The summed E-state index contributed by atoms with van der Waals surface area (Å²) in [4.78, 5) is 12.5. The molecule has 1 N–H and O–H groups in total. The maximum Gasteiger partial charge on any atom is 0.230 e. The van der Waals surface area contributed by atoms with Crippen LogP contribution in [-0.4, -0.2) is 40.6 Å². The van der Waals surface area contributed by atoms with Crippen molar-refractivity contribution in [2.24, 2.45) is 0 Å². The number of methoxy groups -OCH3 is 2. The van der Waals surface area contributed by atoms with Crippen LogP contribution in [0.4, 0.5) is 0 Å². The fourth-order valence-electron chi connectivity index (χ4n) is 3.31. The third-order valence-electron chi connectivity index (χ3n) is 4.98. The summed E-state index contributed by atoms with van der Waals surface area (Å²) in [5.41, 5.74) is 2.72. The van der Waals surface area contributed by atoms with Gasteiger partial charge in [-0.15, -0.1) is 10.2 Å². The highest BCUT2D eigenvalue weighted by atomic mass is 32.2. The molecule has 0 saturated carbocycles. The minimum atomic E-state index is -0.0769. The number of amides is 1. The van der Waals surface area contributed by atoms with Gasteiger partial charge in [0.15, 0.2) is 11.0 Å². The number of para-hydroxylation sites is 1. The number of carbonyl (C=O) groups excluding carboxylic acids is 1. The summed E-state index contributed by atoms with van der Waals surface area (Å²) in [5, 5.41) is 12.4. The van der Waals surface area contributed by atoms with Gasteiger partial charge in [0.25, 0.3) is 0 Å². The zero-order chi connectivity index (χ0) is 23.0. The number of aromatic nitrogens is 3. The summed E-state index contributed by atoms with van der Waals surface area (Å²) in [6.45, 7) is 0.484. The van der Waals surface area contributed by atoms with Crippen molar-refractivity contribution in [1.29, 1.82) is 0 Å². The molecule has 0 unspecified atom stereocenters. The highest BCUT2D eigenvalue weighted by Crippen LogP contribution is 2.33. The number of rotatable bonds is 9. The fourth-order valence-corrected chi connectivity index (χ4v) is 4.09. The topological polar surface area (TPSA) is 78.3 Å². The molecule has 8 heteroatoms. The molecule has 0 atom stereocenters. The molecule has 1 amide bonds. The summed E-state index contributed by atoms with van der Waals surface area (Å²) in [6, 6.07) is 25.1. The second kappa shape index (κ2) is 10.7. The van der Waals surface area contributed by atoms with E-state index in [0.717, 1.165) is 22.6 Å². The lowest BCUT2D eigenvalue weighted by atomic mass is 10.2. The maximum absolute atomic E-state index is 12.5. The number of nitrogens with one attached hydrogen (secondary N) is 1. The van der Waals surface area contributed by atoms with Crippen molar-refractivity contribution in [2.45, 2.75) is 11.7 Å². The van der Waals surface area contributed by atoms with Gasteiger partial charge < -0.3 is 14.8 Å². The largest absolute Gasteiger partial charge is 0.497 e. The van der Waals surface area contributed by atoms with Crippen LogP contribution < -0.4 is 14.8 Å². The summed E-state index contributed by atoms with van der Waals surface area (Å²) >= 11 is 1.33. The van der Waals surface area contributed by atoms with Crippen LogP contribution in [0.3, 0.4) is 0 Å². The van der Waals surface area contributed by atoms with Crippen LogP contribution in [0.15, 0.2) is 84.0 Å². The molecule has 7 nitrogen and oxygen atoms in total. The lowest BCUT2D eigenvalue weighted by molar-refractivity contribution is -0.118. The third kappa shape index (κ3) is 5.35. The normalized spacial score (nSPS) is 10.6. The Labute approximate surface area is 196 Å². The van der Waals surface area contributed by atoms with Crippen molar-refractivity contribution < 1.29 is 14.3 Å². The van der Waals surface area contributed by atoms with E-state index in [1.807, 2.05) is 83.4 Å². The van der Waals surface area contributed by atoms with Crippen LogP contribution in [0.2, 0.25) is 0 Å². The zero-order valence-electron chi connectivity index (χ0n) is 18.4. The van der Waals surface area contributed by atoms with E-state index in [-0.39, 0.29) is 11.7 Å². The van der Waals surface area contributed by atoms with Crippen molar-refractivity contribution in [1.82, 2.24) is 20.1 Å². The SMILES string of the molecule is COc1ccc(-n2c(SCC(=O)NCc3ccccc3)nnc2-c2ccccc2OC)cc1. The first-order chi connectivity index (χ1) is 16.2. The fraction of sp³-hybridized carbons (Fsp3) is 0.160. The average Bonchev–Trinajstić information content (AvgIpc) is 3.30. The van der Waals surface area contributed by atoms with Crippen LogP contribution in [-0.2, 0) is 11.3 Å². The van der Waals surface area contributed by atoms with Crippen molar-refractivity contribution in [3.05, 3.63) is 84.4 Å². The van der Waals surface area contributed by atoms with Gasteiger partial charge in [0.05, 0.1) is 31.2 Å². The monoisotopic (exact) mass is 460 g/mol. The molecule has 168 valence electrons. The molecular formula is C25H24N4O3S. The van der Waals surface area contributed by atoms with E-state index >= 15 is 0 Å². The number of benzene rings is 3. The molecule has 1 aromatic heterocycles. The maximum atomic E-state index is 12.5. The van der Waals surface area contributed by atoms with E-state index in [9.17, 15) is 4.79 Å². The first-order valence-corrected chi connectivity index (χ1v) is 11.3. The summed E-state index contributed by atoms with van der Waals surface area (Å²) in [6.07, 6.45) is 0. The van der Waals surface area contributed by atoms with E-state index in [1.54, 1.807) is 14.2 Å². The van der Waals surface area contributed by atoms with Gasteiger partial charge in [-0.05, 0) is 42.0 Å². The van der Waals surface area contributed by atoms with E-state index in [0.29, 0.717) is 23.3 Å². The first-order valence-electron chi connectivity index (χ1n) is 10.4. The van der Waals surface area contributed by atoms with E-state index in [2.05, 4.69) is 15.5 Å². The Kier molecular flexibility index (Phi) is 7.26. The van der Waals surface area contributed by atoms with Gasteiger partial charge in [0.1, 0.15) is 11.5 Å². The average molecular weight is 461 g/mol. The second-order valence-corrected chi connectivity index (χ2v) is 8.03. The molecule has 4 rings (SSSR count). The molecule has 33 heavy (non-hydrogen) atoms. The van der Waals surface area contributed by atoms with Crippen molar-refractivity contribution >= 4 is 17.7 Å². The summed E-state index contributed by atoms with van der Waals surface area (Å²) < 4.78 is 12.8. The number of hydrogen-bond donors (Lipinski definition) is 1. The molecule has 0 bridgehead atoms. The van der Waals surface area contributed by atoms with Gasteiger partial charge in [0, 0.05) is 6.54 Å². The van der Waals surface area contributed by atoms with Gasteiger partial charge in [0.2, 0.25) is 5.91 Å². The zero-order valence-corrected chi connectivity index (χ0v) is 19.2. The van der Waals surface area contributed by atoms with Crippen LogP contribution >= 0.6 is 11.8 Å². The van der Waals surface area contributed by atoms with E-state index < -0.39 is 0 Å². The van der Waals surface area contributed by atoms with Gasteiger partial charge in [-0.3, -0.25) is 9.36 Å². The Morgan fingerprint density at radius 1 is 0.909 bits per heavy atom. The predicted octanol–water partition coefficient (Wildman–Crippen LogP) is 4.36. The molecule has 3 aromatic carbocycles.